The Hall–Kier alpha value is -2.69. The Bertz CT molecular complexity index is 886. The maximum atomic E-state index is 14.7. The maximum Gasteiger partial charge on any atom is 0.258 e. The third kappa shape index (κ3) is 3.01. The number of halogens is 1. The van der Waals surface area contributed by atoms with Gasteiger partial charge in [0.1, 0.15) is 5.82 Å². The normalized spacial score (nSPS) is 17.2. The predicted molar refractivity (Wildman–Crippen MR) is 102 cm³/mol. The van der Waals surface area contributed by atoms with Crippen molar-refractivity contribution in [1.29, 1.82) is 0 Å². The molecule has 4 nitrogen and oxygen atoms in total. The van der Waals surface area contributed by atoms with Gasteiger partial charge in [-0.3, -0.25) is 9.59 Å². The van der Waals surface area contributed by atoms with E-state index in [1.807, 2.05) is 6.07 Å². The summed E-state index contributed by atoms with van der Waals surface area (Å²) in [5.74, 6) is -0.385. The number of carbonyl (C=O) groups is 2. The highest BCUT2D eigenvalue weighted by molar-refractivity contribution is 6.07. The van der Waals surface area contributed by atoms with E-state index in [0.29, 0.717) is 23.4 Å². The molecular weight excluding hydrogens is 343 g/mol. The van der Waals surface area contributed by atoms with Crippen LogP contribution in [0.2, 0.25) is 0 Å². The average molecular weight is 366 g/mol. The molecule has 27 heavy (non-hydrogen) atoms. The number of rotatable bonds is 3. The summed E-state index contributed by atoms with van der Waals surface area (Å²) in [5.41, 5.74) is 2.59. The van der Waals surface area contributed by atoms with Crippen LogP contribution in [0.15, 0.2) is 42.5 Å². The minimum Gasteiger partial charge on any atom is -0.359 e. The van der Waals surface area contributed by atoms with E-state index in [1.54, 1.807) is 42.3 Å². The lowest BCUT2D eigenvalue weighted by molar-refractivity contribution is -0.119. The molecule has 5 heteroatoms. The Morgan fingerprint density at radius 1 is 1.11 bits per heavy atom. The standard InChI is InChI=1S/C22H23FN2O2/c1-24-19(26)13-15-7-9-16(10-8-15)21(27)25-14-22(11-2-3-12-22)20-17(23)5-4-6-18(20)25/h4-10H,2-3,11-14H2,1H3,(H,24,26). The minimum absolute atomic E-state index is 0.0683. The molecule has 4 rings (SSSR count). The molecule has 2 aliphatic rings. The second-order valence-corrected chi connectivity index (χ2v) is 7.56. The molecule has 2 aromatic carbocycles. The van der Waals surface area contributed by atoms with Crippen molar-refractivity contribution in [3.63, 3.8) is 0 Å². The van der Waals surface area contributed by atoms with Gasteiger partial charge in [0.15, 0.2) is 0 Å². The minimum atomic E-state index is -0.241. The lowest BCUT2D eigenvalue weighted by Crippen LogP contribution is -2.35. The average Bonchev–Trinajstić information content (AvgIpc) is 3.28. The van der Waals surface area contributed by atoms with Gasteiger partial charge in [-0.05, 0) is 42.7 Å². The summed E-state index contributed by atoms with van der Waals surface area (Å²) >= 11 is 0. The van der Waals surface area contributed by atoms with Crippen LogP contribution in [0.5, 0.6) is 0 Å². The second-order valence-electron chi connectivity index (χ2n) is 7.56. The molecule has 1 aliphatic heterocycles. The van der Waals surface area contributed by atoms with Gasteiger partial charge < -0.3 is 10.2 Å². The Balaban J connectivity index is 1.63. The topological polar surface area (TPSA) is 49.4 Å². The van der Waals surface area contributed by atoms with E-state index in [0.717, 1.165) is 31.2 Å². The molecule has 0 aromatic heterocycles. The highest BCUT2D eigenvalue weighted by Crippen LogP contribution is 2.51. The number of nitrogens with zero attached hydrogens (tertiary/aromatic N) is 1. The maximum absolute atomic E-state index is 14.7. The van der Waals surface area contributed by atoms with Crippen molar-refractivity contribution in [2.45, 2.75) is 37.5 Å². The third-order valence-electron chi connectivity index (χ3n) is 5.92. The molecule has 1 saturated carbocycles. The molecule has 140 valence electrons. The zero-order valence-electron chi connectivity index (χ0n) is 15.4. The SMILES string of the molecule is CNC(=O)Cc1ccc(C(=O)N2CC3(CCCC3)c3c(F)cccc32)cc1. The van der Waals surface area contributed by atoms with Crippen LogP contribution in [0.3, 0.4) is 0 Å². The van der Waals surface area contributed by atoms with Crippen molar-refractivity contribution in [3.05, 3.63) is 65.0 Å². The number of likely N-dealkylation sites (N-methyl/N-ethyl adjacent to an activating group) is 1. The monoisotopic (exact) mass is 366 g/mol. The highest BCUT2D eigenvalue weighted by atomic mass is 19.1. The van der Waals surface area contributed by atoms with Gasteiger partial charge in [-0.2, -0.15) is 0 Å². The molecule has 2 amide bonds. The van der Waals surface area contributed by atoms with Crippen LogP contribution in [-0.2, 0) is 16.6 Å². The summed E-state index contributed by atoms with van der Waals surface area (Å²) in [4.78, 5) is 26.4. The summed E-state index contributed by atoms with van der Waals surface area (Å²) in [5, 5.41) is 2.59. The summed E-state index contributed by atoms with van der Waals surface area (Å²) in [6, 6.07) is 12.1. The van der Waals surface area contributed by atoms with E-state index < -0.39 is 0 Å². The fourth-order valence-corrected chi connectivity index (χ4v) is 4.57. The van der Waals surface area contributed by atoms with Crippen LogP contribution in [-0.4, -0.2) is 25.4 Å². The Labute approximate surface area is 158 Å². The highest BCUT2D eigenvalue weighted by Gasteiger charge is 2.48. The summed E-state index contributed by atoms with van der Waals surface area (Å²) in [7, 11) is 1.60. The van der Waals surface area contributed by atoms with E-state index in [9.17, 15) is 14.0 Å². The summed E-state index contributed by atoms with van der Waals surface area (Å²) < 4.78 is 14.7. The number of hydrogen-bond acceptors (Lipinski definition) is 2. The number of carbonyl (C=O) groups excluding carboxylic acids is 2. The molecule has 0 bridgehead atoms. The van der Waals surface area contributed by atoms with E-state index in [1.165, 1.54) is 6.07 Å². The van der Waals surface area contributed by atoms with Gasteiger partial charge in [0.2, 0.25) is 5.91 Å². The van der Waals surface area contributed by atoms with Gasteiger partial charge in [-0.15, -0.1) is 0 Å². The number of fused-ring (bicyclic) bond motifs is 2. The van der Waals surface area contributed by atoms with Gasteiger partial charge in [-0.1, -0.05) is 31.0 Å². The second kappa shape index (κ2) is 6.80. The van der Waals surface area contributed by atoms with Gasteiger partial charge in [0, 0.05) is 30.1 Å². The van der Waals surface area contributed by atoms with Gasteiger partial charge >= 0.3 is 0 Å². The Kier molecular flexibility index (Phi) is 4.46. The van der Waals surface area contributed by atoms with Crippen molar-refractivity contribution in [1.82, 2.24) is 5.32 Å². The van der Waals surface area contributed by atoms with Gasteiger partial charge in [-0.25, -0.2) is 4.39 Å². The first-order chi connectivity index (χ1) is 13.0. The van der Waals surface area contributed by atoms with Crippen molar-refractivity contribution in [3.8, 4) is 0 Å². The number of hydrogen-bond donors (Lipinski definition) is 1. The number of anilines is 1. The van der Waals surface area contributed by atoms with Crippen LogP contribution >= 0.6 is 0 Å². The van der Waals surface area contributed by atoms with E-state index in [-0.39, 0.29) is 29.5 Å². The molecular formula is C22H23FN2O2. The van der Waals surface area contributed by atoms with E-state index in [4.69, 9.17) is 0 Å². The quantitative estimate of drug-likeness (QED) is 0.903. The molecule has 1 aliphatic carbocycles. The van der Waals surface area contributed by atoms with Crippen LogP contribution in [0.1, 0.15) is 47.2 Å². The predicted octanol–water partition coefficient (Wildman–Crippen LogP) is 3.59. The molecule has 1 fully saturated rings. The molecule has 0 unspecified atom stereocenters. The first-order valence-corrected chi connectivity index (χ1v) is 9.44. The lowest BCUT2D eigenvalue weighted by Gasteiger charge is -2.25. The number of nitrogens with one attached hydrogen (secondary N) is 1. The fraction of sp³-hybridized carbons (Fsp3) is 0.364. The Morgan fingerprint density at radius 3 is 2.48 bits per heavy atom. The molecule has 1 heterocycles. The zero-order chi connectivity index (χ0) is 19.0. The van der Waals surface area contributed by atoms with E-state index >= 15 is 0 Å². The molecule has 1 spiro atoms. The fourth-order valence-electron chi connectivity index (χ4n) is 4.57. The molecule has 0 radical (unpaired) electrons. The van der Waals surface area contributed by atoms with Gasteiger partial charge in [0.05, 0.1) is 12.1 Å². The van der Waals surface area contributed by atoms with E-state index in [2.05, 4.69) is 5.32 Å². The molecule has 0 atom stereocenters. The summed E-state index contributed by atoms with van der Waals surface area (Å²) in [6.45, 7) is 0.544. The van der Waals surface area contributed by atoms with Crippen molar-refractivity contribution >= 4 is 17.5 Å². The molecule has 2 aromatic rings. The molecule has 0 saturated heterocycles. The summed E-state index contributed by atoms with van der Waals surface area (Å²) in [6.07, 6.45) is 4.28. The first kappa shape index (κ1) is 17.7. The zero-order valence-corrected chi connectivity index (χ0v) is 15.4. The number of amides is 2. The lowest BCUT2D eigenvalue weighted by atomic mass is 9.80. The van der Waals surface area contributed by atoms with Gasteiger partial charge in [0.25, 0.3) is 5.91 Å². The smallest absolute Gasteiger partial charge is 0.258 e. The van der Waals surface area contributed by atoms with Crippen molar-refractivity contribution in [2.24, 2.45) is 0 Å². The van der Waals surface area contributed by atoms with Crippen LogP contribution in [0.25, 0.3) is 0 Å². The van der Waals surface area contributed by atoms with Crippen LogP contribution in [0.4, 0.5) is 10.1 Å². The first-order valence-electron chi connectivity index (χ1n) is 9.44. The Morgan fingerprint density at radius 2 is 1.81 bits per heavy atom. The largest absolute Gasteiger partial charge is 0.359 e. The van der Waals surface area contributed by atoms with Crippen LogP contribution in [0, 0.1) is 5.82 Å². The molecule has 1 N–H and O–H groups in total. The number of benzene rings is 2. The third-order valence-corrected chi connectivity index (χ3v) is 5.92. The van der Waals surface area contributed by atoms with Crippen molar-refractivity contribution in [2.75, 3.05) is 18.5 Å². The van der Waals surface area contributed by atoms with Crippen LogP contribution < -0.4 is 10.2 Å². The van der Waals surface area contributed by atoms with Crippen molar-refractivity contribution < 1.29 is 14.0 Å².